The van der Waals surface area contributed by atoms with Crippen LogP contribution in [0.5, 0.6) is 0 Å². The summed E-state index contributed by atoms with van der Waals surface area (Å²) in [5, 5.41) is 14.3. The summed E-state index contributed by atoms with van der Waals surface area (Å²) >= 11 is 1.58. The quantitative estimate of drug-likeness (QED) is 0.483. The summed E-state index contributed by atoms with van der Waals surface area (Å²) in [5.41, 5.74) is 2.36. The Hall–Kier alpha value is -3.85. The number of hydrogen-bond acceptors (Lipinski definition) is 4. The van der Waals surface area contributed by atoms with Crippen molar-refractivity contribution in [1.29, 1.82) is 0 Å². The van der Waals surface area contributed by atoms with Crippen molar-refractivity contribution in [3.63, 3.8) is 0 Å². The van der Waals surface area contributed by atoms with Crippen LogP contribution in [0.1, 0.15) is 25.3 Å². The average molecular weight is 519 g/mol. The Morgan fingerprint density at radius 3 is 2.14 bits per heavy atom. The monoisotopic (exact) mass is 518 g/mol. The summed E-state index contributed by atoms with van der Waals surface area (Å²) in [4.78, 5) is 46.9. The van der Waals surface area contributed by atoms with Crippen LogP contribution in [0.2, 0.25) is 0 Å². The zero-order valence-electron chi connectivity index (χ0n) is 20.6. The molecule has 0 spiro atoms. The van der Waals surface area contributed by atoms with Crippen molar-refractivity contribution in [2.45, 2.75) is 44.4 Å². The Kier molecular flexibility index (Phi) is 7.14. The van der Waals surface area contributed by atoms with E-state index >= 15 is 0 Å². The minimum atomic E-state index is -1.13. The van der Waals surface area contributed by atoms with Gasteiger partial charge in [0.25, 0.3) is 0 Å². The normalized spacial score (nSPS) is 20.5. The maximum absolute atomic E-state index is 14.1. The number of piperazine rings is 1. The summed E-state index contributed by atoms with van der Waals surface area (Å²) < 4.78 is 0. The van der Waals surface area contributed by atoms with E-state index in [9.17, 15) is 19.5 Å². The second-order valence-electron chi connectivity index (χ2n) is 9.36. The smallest absolute Gasteiger partial charge is 0.329 e. The number of rotatable bonds is 6. The lowest BCUT2D eigenvalue weighted by atomic mass is 10.0. The van der Waals surface area contributed by atoms with Crippen LogP contribution in [-0.2, 0) is 11.3 Å². The minimum Gasteiger partial charge on any atom is -0.480 e. The molecule has 9 heteroatoms. The predicted molar refractivity (Wildman–Crippen MR) is 143 cm³/mol. The van der Waals surface area contributed by atoms with Gasteiger partial charge in [-0.05, 0) is 66.4 Å². The SMILES string of the molecule is CCN(Cc1ccsc1)C(=O)N1C2CC[C@@H]1[C@@H](C(=O)O)N(C(=O)N(c1ccccc1)c1ccccc1)C2. The first-order chi connectivity index (χ1) is 18.0. The van der Waals surface area contributed by atoms with E-state index in [0.29, 0.717) is 37.3 Å². The fourth-order valence-corrected chi connectivity index (χ4v) is 6.14. The number of nitrogens with zero attached hydrogens (tertiary/aromatic N) is 4. The van der Waals surface area contributed by atoms with Gasteiger partial charge in [-0.2, -0.15) is 11.3 Å². The molecule has 1 aromatic heterocycles. The van der Waals surface area contributed by atoms with Gasteiger partial charge in [-0.25, -0.2) is 14.4 Å². The molecule has 5 rings (SSSR count). The van der Waals surface area contributed by atoms with Crippen LogP contribution >= 0.6 is 11.3 Å². The van der Waals surface area contributed by atoms with Gasteiger partial charge in [-0.1, -0.05) is 36.4 Å². The van der Waals surface area contributed by atoms with Crippen molar-refractivity contribution in [1.82, 2.24) is 14.7 Å². The lowest BCUT2D eigenvalue weighted by molar-refractivity contribution is -0.145. The second kappa shape index (κ2) is 10.6. The van der Waals surface area contributed by atoms with Crippen molar-refractivity contribution in [3.8, 4) is 0 Å². The van der Waals surface area contributed by atoms with Gasteiger partial charge in [0.15, 0.2) is 6.04 Å². The standard InChI is InChI=1S/C28H30N4O4S/c1-2-29(17-20-15-16-37-19-20)27(35)32-23-13-14-24(32)25(26(33)34)30(18-23)28(36)31(21-9-5-3-6-10-21)22-11-7-4-8-12-22/h3-12,15-16,19,23-25H,2,13-14,17-18H2,1H3,(H,33,34)/t23?,24-,25+/m1/s1. The second-order valence-corrected chi connectivity index (χ2v) is 10.1. The molecule has 37 heavy (non-hydrogen) atoms. The maximum Gasteiger partial charge on any atom is 0.329 e. The van der Waals surface area contributed by atoms with Gasteiger partial charge in [0.05, 0.1) is 23.5 Å². The molecule has 0 saturated carbocycles. The zero-order chi connectivity index (χ0) is 25.9. The molecule has 2 aliphatic heterocycles. The number of carbonyl (C=O) groups is 3. The lowest BCUT2D eigenvalue weighted by Gasteiger charge is -2.47. The van der Waals surface area contributed by atoms with Crippen LogP contribution in [-0.4, -0.2) is 69.1 Å². The summed E-state index contributed by atoms with van der Waals surface area (Å²) in [7, 11) is 0. The molecule has 2 aliphatic rings. The van der Waals surface area contributed by atoms with Gasteiger partial charge in [0.2, 0.25) is 0 Å². The highest BCUT2D eigenvalue weighted by Gasteiger charge is 2.54. The third kappa shape index (κ3) is 4.79. The number of thiophene rings is 1. The van der Waals surface area contributed by atoms with Crippen molar-refractivity contribution < 1.29 is 19.5 Å². The number of amides is 4. The number of anilines is 2. The highest BCUT2D eigenvalue weighted by atomic mass is 32.1. The van der Waals surface area contributed by atoms with E-state index in [2.05, 4.69) is 0 Å². The largest absolute Gasteiger partial charge is 0.480 e. The van der Waals surface area contributed by atoms with E-state index in [1.807, 2.05) is 84.4 Å². The van der Waals surface area contributed by atoms with Gasteiger partial charge >= 0.3 is 18.0 Å². The highest BCUT2D eigenvalue weighted by Crippen LogP contribution is 2.38. The molecule has 1 N–H and O–H groups in total. The molecule has 192 valence electrons. The Labute approximate surface area is 220 Å². The third-order valence-corrected chi connectivity index (χ3v) is 7.93. The first-order valence-corrected chi connectivity index (χ1v) is 13.5. The lowest BCUT2D eigenvalue weighted by Crippen LogP contribution is -2.67. The number of para-hydroxylation sites is 2. The number of carboxylic acids is 1. The number of aliphatic carboxylic acids is 1. The Morgan fingerprint density at radius 1 is 0.946 bits per heavy atom. The molecule has 0 radical (unpaired) electrons. The van der Waals surface area contributed by atoms with E-state index in [4.69, 9.17) is 0 Å². The highest BCUT2D eigenvalue weighted by molar-refractivity contribution is 7.07. The number of benzene rings is 2. The van der Waals surface area contributed by atoms with Gasteiger partial charge < -0.3 is 19.8 Å². The number of fused-ring (bicyclic) bond motifs is 2. The Bertz CT molecular complexity index is 1200. The van der Waals surface area contributed by atoms with Gasteiger partial charge in [0, 0.05) is 19.6 Å². The summed E-state index contributed by atoms with van der Waals surface area (Å²) in [5.74, 6) is -1.10. The van der Waals surface area contributed by atoms with Gasteiger partial charge in [-0.3, -0.25) is 4.90 Å². The molecule has 3 heterocycles. The number of urea groups is 2. The summed E-state index contributed by atoms with van der Waals surface area (Å²) in [6, 6.07) is 17.9. The molecule has 2 saturated heterocycles. The van der Waals surface area contributed by atoms with Crippen LogP contribution in [0.3, 0.4) is 0 Å². The summed E-state index contributed by atoms with van der Waals surface area (Å²) in [6.07, 6.45) is 1.21. The van der Waals surface area contributed by atoms with Crippen LogP contribution in [0.25, 0.3) is 0 Å². The van der Waals surface area contributed by atoms with Crippen LogP contribution < -0.4 is 4.90 Å². The number of likely N-dealkylation sites (tertiary alicyclic amines) is 1. The minimum absolute atomic E-state index is 0.164. The number of carboxylic acid groups (broad SMARTS) is 1. The molecular weight excluding hydrogens is 488 g/mol. The Balaban J connectivity index is 1.45. The van der Waals surface area contributed by atoms with E-state index in [1.165, 1.54) is 4.90 Å². The molecule has 1 unspecified atom stereocenters. The molecular formula is C28H30N4O4S. The predicted octanol–water partition coefficient (Wildman–Crippen LogP) is 5.25. The molecule has 8 nitrogen and oxygen atoms in total. The topological polar surface area (TPSA) is 84.4 Å². The maximum atomic E-state index is 14.1. The van der Waals surface area contributed by atoms with Gasteiger partial charge in [-0.15, -0.1) is 0 Å². The van der Waals surface area contributed by atoms with E-state index in [1.54, 1.807) is 26.0 Å². The molecule has 4 amide bonds. The summed E-state index contributed by atoms with van der Waals surface area (Å²) in [6.45, 7) is 3.09. The van der Waals surface area contributed by atoms with Crippen LogP contribution in [0.4, 0.5) is 21.0 Å². The number of hydrogen-bond donors (Lipinski definition) is 1. The Morgan fingerprint density at radius 2 is 1.59 bits per heavy atom. The van der Waals surface area contributed by atoms with Crippen LogP contribution in [0, 0.1) is 0 Å². The first-order valence-electron chi connectivity index (χ1n) is 12.5. The van der Waals surface area contributed by atoms with Crippen molar-refractivity contribution >= 4 is 40.7 Å². The first kappa shape index (κ1) is 24.8. The third-order valence-electron chi connectivity index (χ3n) is 7.20. The van der Waals surface area contributed by atoms with Crippen molar-refractivity contribution in [3.05, 3.63) is 83.1 Å². The van der Waals surface area contributed by atoms with Crippen molar-refractivity contribution in [2.75, 3.05) is 18.0 Å². The van der Waals surface area contributed by atoms with E-state index < -0.39 is 24.1 Å². The fourth-order valence-electron chi connectivity index (χ4n) is 5.48. The molecule has 2 aromatic carbocycles. The number of carbonyl (C=O) groups excluding carboxylic acids is 2. The van der Waals surface area contributed by atoms with Crippen LogP contribution in [0.15, 0.2) is 77.5 Å². The van der Waals surface area contributed by atoms with Crippen molar-refractivity contribution in [2.24, 2.45) is 0 Å². The fraction of sp³-hybridized carbons (Fsp3) is 0.321. The zero-order valence-corrected chi connectivity index (χ0v) is 21.5. The average Bonchev–Trinajstić information content (AvgIpc) is 3.54. The molecule has 3 atom stereocenters. The molecule has 2 fully saturated rings. The molecule has 3 aromatic rings. The molecule has 2 bridgehead atoms. The van der Waals surface area contributed by atoms with Gasteiger partial charge in [0.1, 0.15) is 0 Å². The van der Waals surface area contributed by atoms with E-state index in [0.717, 1.165) is 5.56 Å². The molecule has 0 aliphatic carbocycles. The van der Waals surface area contributed by atoms with E-state index in [-0.39, 0.29) is 18.6 Å².